The van der Waals surface area contributed by atoms with E-state index in [9.17, 15) is 19.1 Å². The van der Waals surface area contributed by atoms with Crippen LogP contribution in [-0.2, 0) is 11.2 Å². The number of hydrogen-bond donors (Lipinski definition) is 3. The first-order valence-corrected chi connectivity index (χ1v) is 6.72. The number of amides is 1. The first kappa shape index (κ1) is 15.7. The molecule has 0 aliphatic carbocycles. The predicted molar refractivity (Wildman–Crippen MR) is 76.9 cm³/mol. The number of benzene rings is 1. The van der Waals surface area contributed by atoms with E-state index in [1.165, 1.54) is 24.4 Å². The molecular formula is C15H16FN3O3. The van der Waals surface area contributed by atoms with Crippen LogP contribution in [0.1, 0.15) is 21.6 Å². The summed E-state index contributed by atoms with van der Waals surface area (Å²) in [6.07, 6.45) is 1.52. The molecule has 6 nitrogen and oxygen atoms in total. The number of nitrogens with one attached hydrogen (secondary N) is 2. The summed E-state index contributed by atoms with van der Waals surface area (Å²) in [6.45, 7) is 1.65. The predicted octanol–water partition coefficient (Wildman–Crippen LogP) is 1.53. The van der Waals surface area contributed by atoms with Crippen molar-refractivity contribution in [3.8, 4) is 0 Å². The smallest absolute Gasteiger partial charge is 0.308 e. The number of carbonyl (C=O) groups is 2. The Morgan fingerprint density at radius 2 is 2.23 bits per heavy atom. The Morgan fingerprint density at radius 1 is 1.45 bits per heavy atom. The van der Waals surface area contributed by atoms with Gasteiger partial charge in [0.05, 0.1) is 17.7 Å². The normalized spacial score (nSPS) is 11.9. The molecule has 0 saturated heterocycles. The number of carboxylic acid groups (broad SMARTS) is 1. The van der Waals surface area contributed by atoms with Gasteiger partial charge in [0.1, 0.15) is 5.82 Å². The number of aryl methyl sites for hydroxylation is 1. The van der Waals surface area contributed by atoms with E-state index in [2.05, 4.69) is 15.5 Å². The summed E-state index contributed by atoms with van der Waals surface area (Å²) in [5.74, 6) is -2.69. The van der Waals surface area contributed by atoms with E-state index in [1.54, 1.807) is 13.0 Å². The quantitative estimate of drug-likeness (QED) is 0.754. The number of halogens is 1. The lowest BCUT2D eigenvalue weighted by Gasteiger charge is -2.13. The van der Waals surface area contributed by atoms with Gasteiger partial charge in [0, 0.05) is 12.2 Å². The second kappa shape index (κ2) is 6.84. The zero-order valence-electron chi connectivity index (χ0n) is 12.0. The summed E-state index contributed by atoms with van der Waals surface area (Å²) in [6, 6.07) is 5.76. The van der Waals surface area contributed by atoms with Crippen LogP contribution >= 0.6 is 0 Å². The largest absolute Gasteiger partial charge is 0.481 e. The number of aliphatic carboxylic acids is 1. The van der Waals surface area contributed by atoms with Gasteiger partial charge in [-0.05, 0) is 31.0 Å². The number of aromatic nitrogens is 2. The van der Waals surface area contributed by atoms with Gasteiger partial charge in [0.25, 0.3) is 5.91 Å². The first-order chi connectivity index (χ1) is 10.5. The average molecular weight is 305 g/mol. The van der Waals surface area contributed by atoms with Crippen molar-refractivity contribution in [1.29, 1.82) is 0 Å². The van der Waals surface area contributed by atoms with Crippen molar-refractivity contribution in [1.82, 2.24) is 15.5 Å². The fourth-order valence-corrected chi connectivity index (χ4v) is 2.09. The highest BCUT2D eigenvalue weighted by Gasteiger charge is 2.20. The minimum Gasteiger partial charge on any atom is -0.481 e. The minimum atomic E-state index is -1.05. The molecule has 1 heterocycles. The van der Waals surface area contributed by atoms with Crippen LogP contribution in [0.15, 0.2) is 30.5 Å². The summed E-state index contributed by atoms with van der Waals surface area (Å²) in [5.41, 5.74) is 1.55. The highest BCUT2D eigenvalue weighted by molar-refractivity contribution is 5.95. The van der Waals surface area contributed by atoms with Crippen LogP contribution in [0.2, 0.25) is 0 Å². The Bertz CT molecular complexity index is 684. The lowest BCUT2D eigenvalue weighted by atomic mass is 9.99. The molecule has 1 unspecified atom stereocenters. The lowest BCUT2D eigenvalue weighted by molar-refractivity contribution is -0.141. The minimum absolute atomic E-state index is 0.0463. The molecule has 0 radical (unpaired) electrons. The molecule has 2 rings (SSSR count). The topological polar surface area (TPSA) is 95.1 Å². The third-order valence-electron chi connectivity index (χ3n) is 3.30. The average Bonchev–Trinajstić information content (AvgIpc) is 2.89. The summed E-state index contributed by atoms with van der Waals surface area (Å²) < 4.78 is 13.1. The number of aromatic amines is 1. The second-order valence-corrected chi connectivity index (χ2v) is 4.99. The molecular weight excluding hydrogens is 289 g/mol. The zero-order valence-corrected chi connectivity index (χ0v) is 12.0. The number of nitrogens with zero attached hydrogens (tertiary/aromatic N) is 1. The molecule has 0 aliphatic heterocycles. The van der Waals surface area contributed by atoms with Gasteiger partial charge < -0.3 is 10.4 Å². The van der Waals surface area contributed by atoms with Crippen LogP contribution in [0.4, 0.5) is 4.39 Å². The summed E-state index contributed by atoms with van der Waals surface area (Å²) in [7, 11) is 0. The van der Waals surface area contributed by atoms with Crippen LogP contribution in [0.25, 0.3) is 0 Å². The van der Waals surface area contributed by atoms with Crippen LogP contribution in [0.5, 0.6) is 0 Å². The summed E-state index contributed by atoms with van der Waals surface area (Å²) in [5, 5.41) is 18.2. The zero-order chi connectivity index (χ0) is 16.1. The van der Waals surface area contributed by atoms with E-state index in [0.717, 1.165) is 0 Å². The third kappa shape index (κ3) is 3.91. The fourth-order valence-electron chi connectivity index (χ4n) is 2.09. The molecule has 1 amide bonds. The molecule has 0 saturated carbocycles. The number of carbonyl (C=O) groups excluding carboxylic acids is 1. The molecule has 3 N–H and O–H groups in total. The molecule has 116 valence electrons. The SMILES string of the molecule is Cc1[nH]ncc1C(=O)NCC(Cc1cccc(F)c1)C(=O)O. The van der Waals surface area contributed by atoms with Crippen molar-refractivity contribution in [3.63, 3.8) is 0 Å². The number of hydrogen-bond acceptors (Lipinski definition) is 3. The van der Waals surface area contributed by atoms with E-state index >= 15 is 0 Å². The van der Waals surface area contributed by atoms with E-state index in [0.29, 0.717) is 16.8 Å². The van der Waals surface area contributed by atoms with Crippen molar-refractivity contribution >= 4 is 11.9 Å². The van der Waals surface area contributed by atoms with Crippen molar-refractivity contribution in [2.45, 2.75) is 13.3 Å². The number of H-pyrrole nitrogens is 1. The van der Waals surface area contributed by atoms with Gasteiger partial charge >= 0.3 is 5.97 Å². The van der Waals surface area contributed by atoms with Gasteiger partial charge in [-0.25, -0.2) is 4.39 Å². The Hall–Kier alpha value is -2.70. The number of rotatable bonds is 6. The molecule has 0 bridgehead atoms. The van der Waals surface area contributed by atoms with Gasteiger partial charge in [-0.2, -0.15) is 5.10 Å². The Kier molecular flexibility index (Phi) is 4.88. The van der Waals surface area contributed by atoms with Gasteiger partial charge in [-0.1, -0.05) is 12.1 Å². The molecule has 22 heavy (non-hydrogen) atoms. The lowest BCUT2D eigenvalue weighted by Crippen LogP contribution is -2.34. The van der Waals surface area contributed by atoms with E-state index in [1.807, 2.05) is 0 Å². The van der Waals surface area contributed by atoms with E-state index in [4.69, 9.17) is 0 Å². The van der Waals surface area contributed by atoms with Crippen LogP contribution in [-0.4, -0.2) is 33.7 Å². The Morgan fingerprint density at radius 3 is 2.82 bits per heavy atom. The molecule has 1 aromatic heterocycles. The highest BCUT2D eigenvalue weighted by Crippen LogP contribution is 2.11. The van der Waals surface area contributed by atoms with Gasteiger partial charge in [0.15, 0.2) is 0 Å². The van der Waals surface area contributed by atoms with Crippen LogP contribution < -0.4 is 5.32 Å². The first-order valence-electron chi connectivity index (χ1n) is 6.72. The highest BCUT2D eigenvalue weighted by atomic mass is 19.1. The van der Waals surface area contributed by atoms with Crippen molar-refractivity contribution in [2.24, 2.45) is 5.92 Å². The molecule has 0 fully saturated rings. The molecule has 1 atom stereocenters. The van der Waals surface area contributed by atoms with Gasteiger partial charge in [-0.15, -0.1) is 0 Å². The maximum absolute atomic E-state index is 13.1. The molecule has 1 aromatic carbocycles. The van der Waals surface area contributed by atoms with Crippen molar-refractivity contribution < 1.29 is 19.1 Å². The van der Waals surface area contributed by atoms with E-state index in [-0.39, 0.29) is 13.0 Å². The van der Waals surface area contributed by atoms with Crippen molar-refractivity contribution in [3.05, 3.63) is 53.1 Å². The summed E-state index contributed by atoms with van der Waals surface area (Å²) in [4.78, 5) is 23.2. The van der Waals surface area contributed by atoms with Gasteiger partial charge in [0.2, 0.25) is 0 Å². The molecule has 7 heteroatoms. The fraction of sp³-hybridized carbons (Fsp3) is 0.267. The Labute approximate surface area is 126 Å². The molecule has 2 aromatic rings. The van der Waals surface area contributed by atoms with Crippen molar-refractivity contribution in [2.75, 3.05) is 6.54 Å². The standard InChI is InChI=1S/C15H16FN3O3/c1-9-13(8-18-19-9)14(20)17-7-11(15(21)22)5-10-3-2-4-12(16)6-10/h2-4,6,8,11H,5,7H2,1H3,(H,17,20)(H,18,19)(H,21,22). The van der Waals surface area contributed by atoms with Crippen LogP contribution in [0, 0.1) is 18.7 Å². The van der Waals surface area contributed by atoms with E-state index < -0.39 is 23.6 Å². The number of carboxylic acids is 1. The van der Waals surface area contributed by atoms with Crippen LogP contribution in [0.3, 0.4) is 0 Å². The molecule has 0 spiro atoms. The second-order valence-electron chi connectivity index (χ2n) is 4.99. The Balaban J connectivity index is 1.99. The maximum Gasteiger partial charge on any atom is 0.308 e. The monoisotopic (exact) mass is 305 g/mol. The molecule has 0 aliphatic rings. The summed E-state index contributed by atoms with van der Waals surface area (Å²) >= 11 is 0. The maximum atomic E-state index is 13.1. The third-order valence-corrected chi connectivity index (χ3v) is 3.30. The van der Waals surface area contributed by atoms with Gasteiger partial charge in [-0.3, -0.25) is 14.7 Å².